The minimum absolute atomic E-state index is 0.365. The monoisotopic (exact) mass is 220 g/mol. The van der Waals surface area contributed by atoms with Crippen LogP contribution >= 0.6 is 11.8 Å². The van der Waals surface area contributed by atoms with E-state index in [1.165, 1.54) is 12.1 Å². The molecule has 0 unspecified atom stereocenters. The molecule has 0 saturated carbocycles. The predicted octanol–water partition coefficient (Wildman–Crippen LogP) is 3.80. The molecular formula is C9H7F3OS. The second-order valence-electron chi connectivity index (χ2n) is 2.43. The first kappa shape index (κ1) is 11.0. The van der Waals surface area contributed by atoms with Crippen LogP contribution < -0.4 is 0 Å². The molecule has 1 rings (SSSR count). The Morgan fingerprint density at radius 3 is 2.29 bits per heavy atom. The first-order valence-corrected chi connectivity index (χ1v) is 4.56. The molecule has 0 aliphatic carbocycles. The van der Waals surface area contributed by atoms with Crippen LogP contribution in [0.25, 0.3) is 5.76 Å². The quantitative estimate of drug-likeness (QED) is 0.765. The minimum Gasteiger partial charge on any atom is -0.507 e. The third-order valence-corrected chi connectivity index (χ3v) is 1.98. The fourth-order valence-electron chi connectivity index (χ4n) is 0.800. The third-order valence-electron chi connectivity index (χ3n) is 1.37. The van der Waals surface area contributed by atoms with Crippen molar-refractivity contribution >= 4 is 17.5 Å². The zero-order valence-electron chi connectivity index (χ0n) is 6.95. The molecule has 0 bridgehead atoms. The summed E-state index contributed by atoms with van der Waals surface area (Å²) >= 11 is -0.376. The maximum absolute atomic E-state index is 11.7. The number of thioether (sulfide) groups is 1. The van der Waals surface area contributed by atoms with E-state index in [2.05, 4.69) is 0 Å². The Morgan fingerprint density at radius 2 is 1.79 bits per heavy atom. The molecule has 0 atom stereocenters. The number of benzene rings is 1. The molecule has 1 nitrogen and oxygen atoms in total. The van der Waals surface area contributed by atoms with Crippen LogP contribution in [0.15, 0.2) is 35.7 Å². The smallest absolute Gasteiger partial charge is 0.445 e. The van der Waals surface area contributed by atoms with E-state index >= 15 is 0 Å². The second-order valence-corrected chi connectivity index (χ2v) is 3.37. The lowest BCUT2D eigenvalue weighted by molar-refractivity contribution is -0.0320. The Kier molecular flexibility index (Phi) is 3.46. The lowest BCUT2D eigenvalue weighted by atomic mass is 10.2. The van der Waals surface area contributed by atoms with Crippen LogP contribution in [0.4, 0.5) is 13.2 Å². The van der Waals surface area contributed by atoms with Crippen LogP contribution in [0.5, 0.6) is 0 Å². The fourth-order valence-corrected chi connectivity index (χ4v) is 1.18. The van der Waals surface area contributed by atoms with Gasteiger partial charge >= 0.3 is 5.51 Å². The van der Waals surface area contributed by atoms with Crippen LogP contribution in [0.1, 0.15) is 5.56 Å². The van der Waals surface area contributed by atoms with Crippen molar-refractivity contribution in [1.29, 1.82) is 0 Å². The molecular weight excluding hydrogens is 213 g/mol. The van der Waals surface area contributed by atoms with Gasteiger partial charge in [0, 0.05) is 11.0 Å². The Bertz CT molecular complexity index is 319. The van der Waals surface area contributed by atoms with Gasteiger partial charge in [0.1, 0.15) is 5.76 Å². The molecule has 0 saturated heterocycles. The molecule has 0 radical (unpaired) electrons. The van der Waals surface area contributed by atoms with E-state index in [4.69, 9.17) is 0 Å². The molecule has 0 amide bonds. The molecule has 0 heterocycles. The summed E-state index contributed by atoms with van der Waals surface area (Å²) in [5.74, 6) is -0.382. The maximum atomic E-state index is 11.7. The van der Waals surface area contributed by atoms with Gasteiger partial charge in [-0.2, -0.15) is 13.2 Å². The highest BCUT2D eigenvalue weighted by Crippen LogP contribution is 2.32. The van der Waals surface area contributed by atoms with E-state index in [0.29, 0.717) is 11.0 Å². The molecule has 0 fully saturated rings. The van der Waals surface area contributed by atoms with Crippen molar-refractivity contribution in [3.63, 3.8) is 0 Å². The van der Waals surface area contributed by atoms with Gasteiger partial charge in [-0.1, -0.05) is 30.3 Å². The summed E-state index contributed by atoms with van der Waals surface area (Å²) in [7, 11) is 0. The van der Waals surface area contributed by atoms with Crippen molar-refractivity contribution in [3.05, 3.63) is 41.3 Å². The number of aliphatic hydroxyl groups excluding tert-OH is 1. The Hall–Kier alpha value is -1.10. The zero-order chi connectivity index (χ0) is 10.6. The normalized spacial score (nSPS) is 12.9. The lowest BCUT2D eigenvalue weighted by Crippen LogP contribution is -1.97. The highest BCUT2D eigenvalue weighted by molar-refractivity contribution is 8.03. The highest BCUT2D eigenvalue weighted by atomic mass is 32.2. The van der Waals surface area contributed by atoms with Gasteiger partial charge in [-0.25, -0.2) is 0 Å². The van der Waals surface area contributed by atoms with Crippen molar-refractivity contribution in [2.75, 3.05) is 0 Å². The number of alkyl halides is 3. The van der Waals surface area contributed by atoms with Gasteiger partial charge in [-0.05, 0) is 11.8 Å². The largest absolute Gasteiger partial charge is 0.507 e. The summed E-state index contributed by atoms with van der Waals surface area (Å²) in [6.45, 7) is 0. The van der Waals surface area contributed by atoms with Crippen molar-refractivity contribution in [2.24, 2.45) is 0 Å². The van der Waals surface area contributed by atoms with Crippen LogP contribution in [0.2, 0.25) is 0 Å². The standard InChI is InChI=1S/C9H7F3OS/c10-9(11,12)14-6-8(13)7-4-2-1-3-5-7/h1-6,13H/b8-6-. The summed E-state index contributed by atoms with van der Waals surface area (Å²) in [5.41, 5.74) is -3.99. The van der Waals surface area contributed by atoms with Crippen molar-refractivity contribution in [3.8, 4) is 0 Å². The van der Waals surface area contributed by atoms with Crippen LogP contribution in [-0.2, 0) is 0 Å². The fraction of sp³-hybridized carbons (Fsp3) is 0.111. The van der Waals surface area contributed by atoms with E-state index < -0.39 is 5.51 Å². The van der Waals surface area contributed by atoms with Gasteiger partial charge < -0.3 is 5.11 Å². The third kappa shape index (κ3) is 3.74. The second kappa shape index (κ2) is 4.41. The molecule has 14 heavy (non-hydrogen) atoms. The van der Waals surface area contributed by atoms with Crippen molar-refractivity contribution in [2.45, 2.75) is 5.51 Å². The average Bonchev–Trinajstić information content (AvgIpc) is 2.14. The van der Waals surface area contributed by atoms with Gasteiger partial charge in [0.2, 0.25) is 0 Å². The maximum Gasteiger partial charge on any atom is 0.445 e. The number of aliphatic hydroxyl groups is 1. The first-order valence-electron chi connectivity index (χ1n) is 3.68. The Labute approximate surface area is 83.3 Å². The lowest BCUT2D eigenvalue weighted by Gasteiger charge is -2.02. The minimum atomic E-state index is -4.36. The topological polar surface area (TPSA) is 20.2 Å². The molecule has 1 aromatic rings. The SMILES string of the molecule is O/C(=C\SC(F)(F)F)c1ccccc1. The van der Waals surface area contributed by atoms with E-state index in [1.807, 2.05) is 0 Å². The number of rotatable bonds is 2. The van der Waals surface area contributed by atoms with Crippen molar-refractivity contribution in [1.82, 2.24) is 0 Å². The molecule has 76 valence electrons. The van der Waals surface area contributed by atoms with Gasteiger partial charge in [0.15, 0.2) is 0 Å². The van der Waals surface area contributed by atoms with Gasteiger partial charge in [-0.15, -0.1) is 0 Å². The molecule has 5 heteroatoms. The van der Waals surface area contributed by atoms with E-state index in [1.54, 1.807) is 18.2 Å². The van der Waals surface area contributed by atoms with E-state index in [0.717, 1.165) is 0 Å². The van der Waals surface area contributed by atoms with Gasteiger partial charge in [0.25, 0.3) is 0 Å². The first-order chi connectivity index (χ1) is 6.49. The van der Waals surface area contributed by atoms with Crippen LogP contribution in [0.3, 0.4) is 0 Å². The number of halogens is 3. The molecule has 0 aliphatic heterocycles. The Balaban J connectivity index is 2.71. The summed E-state index contributed by atoms with van der Waals surface area (Å²) < 4.78 is 35.2. The Morgan fingerprint density at radius 1 is 1.21 bits per heavy atom. The summed E-state index contributed by atoms with van der Waals surface area (Å²) in [4.78, 5) is 0. The zero-order valence-corrected chi connectivity index (χ0v) is 7.77. The summed E-state index contributed by atoms with van der Waals surface area (Å²) in [6, 6.07) is 8.05. The molecule has 1 N–H and O–H groups in total. The highest BCUT2D eigenvalue weighted by Gasteiger charge is 2.27. The molecule has 0 aliphatic rings. The van der Waals surface area contributed by atoms with Gasteiger partial charge in [-0.3, -0.25) is 0 Å². The predicted molar refractivity (Wildman–Crippen MR) is 50.7 cm³/mol. The van der Waals surface area contributed by atoms with Crippen LogP contribution in [-0.4, -0.2) is 10.6 Å². The summed E-state index contributed by atoms with van der Waals surface area (Å²) in [6.07, 6.45) is 0. The molecule has 0 aromatic heterocycles. The van der Waals surface area contributed by atoms with Gasteiger partial charge in [0.05, 0.1) is 0 Å². The number of hydrogen-bond donors (Lipinski definition) is 1. The average molecular weight is 220 g/mol. The summed E-state index contributed by atoms with van der Waals surface area (Å²) in [5, 5.41) is 9.90. The van der Waals surface area contributed by atoms with Crippen molar-refractivity contribution < 1.29 is 18.3 Å². The van der Waals surface area contributed by atoms with E-state index in [-0.39, 0.29) is 17.5 Å². The van der Waals surface area contributed by atoms with E-state index in [9.17, 15) is 18.3 Å². The van der Waals surface area contributed by atoms with Crippen LogP contribution in [0, 0.1) is 0 Å². The molecule has 1 aromatic carbocycles. The molecule has 0 spiro atoms. The number of hydrogen-bond acceptors (Lipinski definition) is 2.